The van der Waals surface area contributed by atoms with E-state index in [4.69, 9.17) is 9.47 Å². The molecule has 0 saturated heterocycles. The topological polar surface area (TPSA) is 120 Å². The maximum absolute atomic E-state index is 12.0. The van der Waals surface area contributed by atoms with Crippen LogP contribution in [0.5, 0.6) is 11.5 Å². The summed E-state index contributed by atoms with van der Waals surface area (Å²) >= 11 is 0. The molecule has 136 valence electrons. The molecule has 2 amide bonds. The molecule has 2 rings (SSSR count). The van der Waals surface area contributed by atoms with Crippen LogP contribution in [0.4, 0.5) is 17.1 Å². The Bertz CT molecular complexity index is 820. The predicted octanol–water partition coefficient (Wildman–Crippen LogP) is 2.58. The molecule has 9 nitrogen and oxygen atoms in total. The van der Waals surface area contributed by atoms with E-state index in [1.54, 1.807) is 24.3 Å². The number of hydrogen-bond acceptors (Lipinski definition) is 6. The summed E-state index contributed by atoms with van der Waals surface area (Å²) in [5.41, 5.74) is 0.800. The number of hydrogen-bond donors (Lipinski definition) is 2. The minimum Gasteiger partial charge on any atom is -0.496 e. The first-order valence-electron chi connectivity index (χ1n) is 7.52. The number of nitro benzene ring substituents is 1. The summed E-state index contributed by atoms with van der Waals surface area (Å²) in [6.45, 7) is 0.992. The Labute approximate surface area is 149 Å². The minimum absolute atomic E-state index is 0.0352. The van der Waals surface area contributed by atoms with E-state index in [-0.39, 0.29) is 17.3 Å². The van der Waals surface area contributed by atoms with Crippen LogP contribution in [-0.4, -0.2) is 30.5 Å². The van der Waals surface area contributed by atoms with Gasteiger partial charge in [-0.05, 0) is 36.4 Å². The van der Waals surface area contributed by atoms with Crippen molar-refractivity contribution in [3.05, 3.63) is 52.6 Å². The van der Waals surface area contributed by atoms with Crippen molar-refractivity contribution >= 4 is 28.9 Å². The van der Waals surface area contributed by atoms with Crippen molar-refractivity contribution in [1.29, 1.82) is 0 Å². The number of nitrogens with zero attached hydrogens (tertiary/aromatic N) is 1. The van der Waals surface area contributed by atoms with Crippen molar-refractivity contribution in [1.82, 2.24) is 0 Å². The zero-order valence-corrected chi connectivity index (χ0v) is 14.1. The Hall–Kier alpha value is -3.62. The molecule has 26 heavy (non-hydrogen) atoms. The van der Waals surface area contributed by atoms with E-state index in [0.717, 1.165) is 0 Å². The largest absolute Gasteiger partial charge is 0.496 e. The second-order valence-corrected chi connectivity index (χ2v) is 5.19. The van der Waals surface area contributed by atoms with Crippen molar-refractivity contribution < 1.29 is 24.0 Å². The Balaban J connectivity index is 1.96. The first kappa shape index (κ1) is 18.7. The number of nitro groups is 1. The number of benzene rings is 2. The van der Waals surface area contributed by atoms with Gasteiger partial charge in [-0.1, -0.05) is 0 Å². The molecule has 0 aliphatic rings. The van der Waals surface area contributed by atoms with Gasteiger partial charge in [0.1, 0.15) is 5.75 Å². The summed E-state index contributed by atoms with van der Waals surface area (Å²) in [6.07, 6.45) is 0. The number of carbonyl (C=O) groups is 2. The molecular weight excluding hydrogens is 342 g/mol. The summed E-state index contributed by atoms with van der Waals surface area (Å²) in [7, 11) is 1.39. The number of carbonyl (C=O) groups excluding carboxylic acids is 2. The second-order valence-electron chi connectivity index (χ2n) is 5.19. The van der Waals surface area contributed by atoms with Crippen LogP contribution in [0.2, 0.25) is 0 Å². The number of anilines is 2. The fourth-order valence-corrected chi connectivity index (χ4v) is 2.07. The van der Waals surface area contributed by atoms with Crippen LogP contribution in [0.25, 0.3) is 0 Å². The molecule has 9 heteroatoms. The Kier molecular flexibility index (Phi) is 6.10. The predicted molar refractivity (Wildman–Crippen MR) is 94.5 cm³/mol. The highest BCUT2D eigenvalue weighted by molar-refractivity contribution is 5.93. The molecule has 0 saturated carbocycles. The van der Waals surface area contributed by atoms with Crippen molar-refractivity contribution in [2.75, 3.05) is 24.4 Å². The van der Waals surface area contributed by atoms with Crippen LogP contribution in [-0.2, 0) is 9.59 Å². The smallest absolute Gasteiger partial charge is 0.314 e. The van der Waals surface area contributed by atoms with Crippen LogP contribution in [0.15, 0.2) is 42.5 Å². The van der Waals surface area contributed by atoms with Gasteiger partial charge in [-0.15, -0.1) is 0 Å². The maximum Gasteiger partial charge on any atom is 0.314 e. The number of methoxy groups -OCH3 is 1. The van der Waals surface area contributed by atoms with Gasteiger partial charge >= 0.3 is 5.69 Å². The van der Waals surface area contributed by atoms with E-state index in [1.807, 2.05) is 0 Å². The molecule has 0 radical (unpaired) electrons. The van der Waals surface area contributed by atoms with Crippen molar-refractivity contribution in [2.45, 2.75) is 6.92 Å². The van der Waals surface area contributed by atoms with Gasteiger partial charge in [0.2, 0.25) is 5.91 Å². The van der Waals surface area contributed by atoms with Crippen LogP contribution in [0.1, 0.15) is 6.92 Å². The molecule has 0 bridgehead atoms. The molecule has 0 fully saturated rings. The van der Waals surface area contributed by atoms with Gasteiger partial charge in [-0.25, -0.2) is 0 Å². The van der Waals surface area contributed by atoms with Gasteiger partial charge in [0.05, 0.1) is 18.1 Å². The Morgan fingerprint density at radius 1 is 1.08 bits per heavy atom. The van der Waals surface area contributed by atoms with Gasteiger partial charge in [0.15, 0.2) is 12.4 Å². The highest BCUT2D eigenvalue weighted by atomic mass is 16.6. The summed E-state index contributed by atoms with van der Waals surface area (Å²) in [4.78, 5) is 33.4. The lowest BCUT2D eigenvalue weighted by Gasteiger charge is -2.09. The van der Waals surface area contributed by atoms with Crippen LogP contribution in [0, 0.1) is 10.1 Å². The van der Waals surface area contributed by atoms with Crippen LogP contribution < -0.4 is 20.1 Å². The lowest BCUT2D eigenvalue weighted by molar-refractivity contribution is -0.385. The molecule has 0 aromatic heterocycles. The van der Waals surface area contributed by atoms with Crippen LogP contribution >= 0.6 is 0 Å². The third kappa shape index (κ3) is 5.20. The third-order valence-electron chi connectivity index (χ3n) is 3.21. The zero-order valence-electron chi connectivity index (χ0n) is 14.1. The van der Waals surface area contributed by atoms with E-state index in [9.17, 15) is 19.7 Å². The van der Waals surface area contributed by atoms with Crippen molar-refractivity contribution in [3.63, 3.8) is 0 Å². The Morgan fingerprint density at radius 2 is 1.69 bits per heavy atom. The molecule has 0 aliphatic heterocycles. The minimum atomic E-state index is -0.615. The van der Waals surface area contributed by atoms with Gasteiger partial charge < -0.3 is 20.1 Å². The first-order chi connectivity index (χ1) is 12.4. The highest BCUT2D eigenvalue weighted by Gasteiger charge is 2.17. The molecule has 0 spiro atoms. The van der Waals surface area contributed by atoms with E-state index >= 15 is 0 Å². The molecule has 2 aromatic carbocycles. The van der Waals surface area contributed by atoms with Gasteiger partial charge in [-0.2, -0.15) is 0 Å². The van der Waals surface area contributed by atoms with E-state index in [0.29, 0.717) is 17.1 Å². The molecule has 0 heterocycles. The molecule has 0 atom stereocenters. The Morgan fingerprint density at radius 3 is 2.23 bits per heavy atom. The first-order valence-corrected chi connectivity index (χ1v) is 7.52. The normalized spacial score (nSPS) is 9.92. The fraction of sp³-hybridized carbons (Fsp3) is 0.176. The average molecular weight is 359 g/mol. The number of ether oxygens (including phenoxy) is 2. The number of amides is 2. The SMILES string of the molecule is COc1ccc(OCC(=O)Nc2ccc(NC(C)=O)cc2)c([N+](=O)[O-])c1. The monoisotopic (exact) mass is 359 g/mol. The van der Waals surface area contributed by atoms with Crippen molar-refractivity contribution in [3.8, 4) is 11.5 Å². The van der Waals surface area contributed by atoms with Crippen LogP contribution in [0.3, 0.4) is 0 Å². The second kappa shape index (κ2) is 8.47. The molecule has 0 unspecified atom stereocenters. The fourth-order valence-electron chi connectivity index (χ4n) is 2.07. The molecule has 0 aliphatic carbocycles. The highest BCUT2D eigenvalue weighted by Crippen LogP contribution is 2.30. The molecule has 2 aromatic rings. The van der Waals surface area contributed by atoms with Gasteiger partial charge in [0, 0.05) is 18.3 Å². The standard InChI is InChI=1S/C17H17N3O6/c1-11(21)18-12-3-5-13(6-4-12)19-17(22)10-26-16-8-7-14(25-2)9-15(16)20(23)24/h3-9H,10H2,1-2H3,(H,18,21)(H,19,22). The maximum atomic E-state index is 12.0. The summed E-state index contributed by atoms with van der Waals surface area (Å²) in [5, 5.41) is 16.3. The van der Waals surface area contributed by atoms with Crippen molar-refractivity contribution in [2.24, 2.45) is 0 Å². The average Bonchev–Trinajstić information content (AvgIpc) is 2.61. The quantitative estimate of drug-likeness (QED) is 0.579. The molecular formula is C17H17N3O6. The molecule has 2 N–H and O–H groups in total. The third-order valence-corrected chi connectivity index (χ3v) is 3.21. The lowest BCUT2D eigenvalue weighted by atomic mass is 10.2. The lowest BCUT2D eigenvalue weighted by Crippen LogP contribution is -2.20. The number of rotatable bonds is 7. The summed E-state index contributed by atoms with van der Waals surface area (Å²) in [5.74, 6) is -0.404. The zero-order chi connectivity index (χ0) is 19.1. The summed E-state index contributed by atoms with van der Waals surface area (Å²) in [6, 6.07) is 10.6. The van der Waals surface area contributed by atoms with Gasteiger partial charge in [0.25, 0.3) is 5.91 Å². The van der Waals surface area contributed by atoms with E-state index in [2.05, 4.69) is 10.6 Å². The summed E-state index contributed by atoms with van der Waals surface area (Å²) < 4.78 is 10.2. The van der Waals surface area contributed by atoms with E-state index < -0.39 is 17.4 Å². The van der Waals surface area contributed by atoms with E-state index in [1.165, 1.54) is 32.2 Å². The van der Waals surface area contributed by atoms with Gasteiger partial charge in [-0.3, -0.25) is 19.7 Å². The number of nitrogens with one attached hydrogen (secondary N) is 2.